The van der Waals surface area contributed by atoms with Gasteiger partial charge in [0, 0.05) is 13.0 Å². The molecule has 2 rings (SSSR count). The lowest BCUT2D eigenvalue weighted by Crippen LogP contribution is -2.36. The van der Waals surface area contributed by atoms with Crippen molar-refractivity contribution in [1.29, 1.82) is 0 Å². The standard InChI is InChI=1S/C13H19N3O2/c1-3-12-14-7-10(8-15-12)16-13(17)11-5-4-6-18-9(11)2/h7-9,11H,3-6H2,1-2H3,(H,16,17). The third-order valence-electron chi connectivity index (χ3n) is 3.23. The van der Waals surface area contributed by atoms with Crippen molar-refractivity contribution in [3.05, 3.63) is 18.2 Å². The molecule has 0 aliphatic carbocycles. The van der Waals surface area contributed by atoms with Crippen LogP contribution in [0.5, 0.6) is 0 Å². The normalized spacial score (nSPS) is 23.7. The SMILES string of the molecule is CCc1ncc(NC(=O)C2CCCOC2C)cn1. The Bertz CT molecular complexity index is 405. The fraction of sp³-hybridized carbons (Fsp3) is 0.615. The number of aromatic nitrogens is 2. The molecule has 2 heterocycles. The molecule has 0 spiro atoms. The molecule has 1 aromatic heterocycles. The van der Waals surface area contributed by atoms with Gasteiger partial charge < -0.3 is 10.1 Å². The highest BCUT2D eigenvalue weighted by Gasteiger charge is 2.28. The number of anilines is 1. The Morgan fingerprint density at radius 1 is 1.50 bits per heavy atom. The predicted molar refractivity (Wildman–Crippen MR) is 68.2 cm³/mol. The second-order valence-electron chi connectivity index (χ2n) is 4.56. The van der Waals surface area contributed by atoms with Gasteiger partial charge in [-0.05, 0) is 19.8 Å². The summed E-state index contributed by atoms with van der Waals surface area (Å²) in [5.41, 5.74) is 0.648. The van der Waals surface area contributed by atoms with Crippen LogP contribution in [0.1, 0.15) is 32.5 Å². The van der Waals surface area contributed by atoms with Crippen molar-refractivity contribution < 1.29 is 9.53 Å². The maximum absolute atomic E-state index is 12.1. The zero-order valence-corrected chi connectivity index (χ0v) is 10.8. The van der Waals surface area contributed by atoms with Crippen molar-refractivity contribution in [1.82, 2.24) is 9.97 Å². The summed E-state index contributed by atoms with van der Waals surface area (Å²) >= 11 is 0. The van der Waals surface area contributed by atoms with Gasteiger partial charge in [0.25, 0.3) is 0 Å². The van der Waals surface area contributed by atoms with Gasteiger partial charge in [-0.25, -0.2) is 9.97 Å². The van der Waals surface area contributed by atoms with Gasteiger partial charge >= 0.3 is 0 Å². The number of amides is 1. The molecule has 5 nitrogen and oxygen atoms in total. The second-order valence-corrected chi connectivity index (χ2v) is 4.56. The molecule has 1 aliphatic rings. The van der Waals surface area contributed by atoms with Crippen molar-refractivity contribution in [2.75, 3.05) is 11.9 Å². The largest absolute Gasteiger partial charge is 0.378 e. The molecule has 2 unspecified atom stereocenters. The molecule has 98 valence electrons. The summed E-state index contributed by atoms with van der Waals surface area (Å²) in [6.07, 6.45) is 5.89. The third kappa shape index (κ3) is 3.04. The van der Waals surface area contributed by atoms with Gasteiger partial charge in [-0.2, -0.15) is 0 Å². The fourth-order valence-electron chi connectivity index (χ4n) is 2.10. The van der Waals surface area contributed by atoms with Crippen LogP contribution in [0.3, 0.4) is 0 Å². The summed E-state index contributed by atoms with van der Waals surface area (Å²) < 4.78 is 5.49. The third-order valence-corrected chi connectivity index (χ3v) is 3.23. The molecule has 0 saturated carbocycles. The Morgan fingerprint density at radius 3 is 2.83 bits per heavy atom. The lowest BCUT2D eigenvalue weighted by molar-refractivity contribution is -0.127. The highest BCUT2D eigenvalue weighted by Crippen LogP contribution is 2.22. The van der Waals surface area contributed by atoms with Crippen LogP contribution in [-0.4, -0.2) is 28.6 Å². The monoisotopic (exact) mass is 249 g/mol. The number of rotatable bonds is 3. The summed E-state index contributed by atoms with van der Waals surface area (Å²) in [6, 6.07) is 0. The number of nitrogens with one attached hydrogen (secondary N) is 1. The first-order chi connectivity index (χ1) is 8.70. The van der Waals surface area contributed by atoms with Gasteiger partial charge in [0.1, 0.15) is 5.82 Å². The Morgan fingerprint density at radius 2 is 2.22 bits per heavy atom. The zero-order valence-electron chi connectivity index (χ0n) is 10.8. The van der Waals surface area contributed by atoms with Crippen LogP contribution < -0.4 is 5.32 Å². The van der Waals surface area contributed by atoms with Crippen LogP contribution in [0, 0.1) is 5.92 Å². The van der Waals surface area contributed by atoms with Crippen molar-refractivity contribution in [3.63, 3.8) is 0 Å². The molecule has 0 aromatic carbocycles. The molecule has 2 atom stereocenters. The maximum atomic E-state index is 12.1. The highest BCUT2D eigenvalue weighted by atomic mass is 16.5. The quantitative estimate of drug-likeness (QED) is 0.887. The zero-order chi connectivity index (χ0) is 13.0. The van der Waals surface area contributed by atoms with Crippen LogP contribution in [0.2, 0.25) is 0 Å². The van der Waals surface area contributed by atoms with E-state index in [9.17, 15) is 4.79 Å². The van der Waals surface area contributed by atoms with Gasteiger partial charge in [0.15, 0.2) is 0 Å². The van der Waals surface area contributed by atoms with E-state index in [-0.39, 0.29) is 17.9 Å². The Labute approximate surface area is 107 Å². The van der Waals surface area contributed by atoms with Crippen molar-refractivity contribution in [3.8, 4) is 0 Å². The fourth-order valence-corrected chi connectivity index (χ4v) is 2.10. The van der Waals surface area contributed by atoms with E-state index in [1.165, 1.54) is 0 Å². The van der Waals surface area contributed by atoms with E-state index in [2.05, 4.69) is 15.3 Å². The minimum absolute atomic E-state index is 0.00458. The van der Waals surface area contributed by atoms with Gasteiger partial charge in [-0.3, -0.25) is 4.79 Å². The number of carbonyl (C=O) groups excluding carboxylic acids is 1. The summed E-state index contributed by atoms with van der Waals surface area (Å²) in [5, 5.41) is 2.85. The Balaban J connectivity index is 1.97. The van der Waals surface area contributed by atoms with Crippen LogP contribution in [-0.2, 0) is 16.0 Å². The summed E-state index contributed by atoms with van der Waals surface area (Å²) in [5.74, 6) is 0.696. The molecule has 0 bridgehead atoms. The maximum Gasteiger partial charge on any atom is 0.230 e. The predicted octanol–water partition coefficient (Wildman–Crippen LogP) is 1.79. The van der Waals surface area contributed by atoms with E-state index in [1.807, 2.05) is 13.8 Å². The summed E-state index contributed by atoms with van der Waals surface area (Å²) in [6.45, 7) is 4.69. The van der Waals surface area contributed by atoms with E-state index < -0.39 is 0 Å². The molecule has 1 fully saturated rings. The number of ether oxygens (including phenoxy) is 1. The van der Waals surface area contributed by atoms with Crippen LogP contribution in [0.4, 0.5) is 5.69 Å². The molecule has 1 amide bonds. The highest BCUT2D eigenvalue weighted by molar-refractivity contribution is 5.92. The summed E-state index contributed by atoms with van der Waals surface area (Å²) in [7, 11) is 0. The average Bonchev–Trinajstić information content (AvgIpc) is 2.40. The molecule has 18 heavy (non-hydrogen) atoms. The van der Waals surface area contributed by atoms with Crippen molar-refractivity contribution >= 4 is 11.6 Å². The molecule has 5 heteroatoms. The van der Waals surface area contributed by atoms with E-state index in [1.54, 1.807) is 12.4 Å². The van der Waals surface area contributed by atoms with Crippen molar-refractivity contribution in [2.24, 2.45) is 5.92 Å². The minimum Gasteiger partial charge on any atom is -0.378 e. The number of carbonyl (C=O) groups is 1. The second kappa shape index (κ2) is 5.91. The van der Waals surface area contributed by atoms with Gasteiger partial charge in [-0.15, -0.1) is 0 Å². The number of hydrogen-bond donors (Lipinski definition) is 1. The van der Waals surface area contributed by atoms with Crippen LogP contribution in [0.25, 0.3) is 0 Å². The van der Waals surface area contributed by atoms with Crippen LogP contribution in [0.15, 0.2) is 12.4 Å². The van der Waals surface area contributed by atoms with E-state index >= 15 is 0 Å². The first kappa shape index (κ1) is 13.0. The van der Waals surface area contributed by atoms with Crippen molar-refractivity contribution in [2.45, 2.75) is 39.2 Å². The molecule has 1 aliphatic heterocycles. The lowest BCUT2D eigenvalue weighted by Gasteiger charge is -2.27. The number of hydrogen-bond acceptors (Lipinski definition) is 4. The average molecular weight is 249 g/mol. The molecular formula is C13H19N3O2. The van der Waals surface area contributed by atoms with E-state index in [4.69, 9.17) is 4.74 Å². The molecule has 1 saturated heterocycles. The van der Waals surface area contributed by atoms with Crippen LogP contribution >= 0.6 is 0 Å². The molecular weight excluding hydrogens is 230 g/mol. The van der Waals surface area contributed by atoms with Gasteiger partial charge in [-0.1, -0.05) is 6.92 Å². The lowest BCUT2D eigenvalue weighted by atomic mass is 9.94. The smallest absolute Gasteiger partial charge is 0.230 e. The summed E-state index contributed by atoms with van der Waals surface area (Å²) in [4.78, 5) is 20.4. The number of nitrogens with zero attached hydrogens (tertiary/aromatic N) is 2. The minimum atomic E-state index is -0.0791. The first-order valence-corrected chi connectivity index (χ1v) is 6.44. The molecule has 1 aromatic rings. The van der Waals surface area contributed by atoms with Gasteiger partial charge in [0.2, 0.25) is 5.91 Å². The topological polar surface area (TPSA) is 64.1 Å². The van der Waals surface area contributed by atoms with Gasteiger partial charge in [0.05, 0.1) is 30.1 Å². The Hall–Kier alpha value is -1.49. The van der Waals surface area contributed by atoms with E-state index in [0.717, 1.165) is 31.7 Å². The molecule has 0 radical (unpaired) electrons. The number of aryl methyl sites for hydroxylation is 1. The van der Waals surface area contributed by atoms with E-state index in [0.29, 0.717) is 5.69 Å². The first-order valence-electron chi connectivity index (χ1n) is 6.44. The molecule has 1 N–H and O–H groups in total. The Kier molecular flexibility index (Phi) is 4.25.